The van der Waals surface area contributed by atoms with Gasteiger partial charge in [0.2, 0.25) is 0 Å². The number of nitrogens with two attached hydrogens (primary N) is 1. The van der Waals surface area contributed by atoms with Crippen LogP contribution in [-0.4, -0.2) is 55.4 Å². The maximum absolute atomic E-state index is 12.6. The number of amides is 1. The molecule has 3 rings (SSSR count). The van der Waals surface area contributed by atoms with E-state index >= 15 is 0 Å². The number of rotatable bonds is 2. The predicted molar refractivity (Wildman–Crippen MR) is 70.6 cm³/mol. The summed E-state index contributed by atoms with van der Waals surface area (Å²) in [5.74, 6) is 0.714. The van der Waals surface area contributed by atoms with E-state index in [4.69, 9.17) is 15.2 Å². The molecule has 3 fully saturated rings. The van der Waals surface area contributed by atoms with Crippen molar-refractivity contribution >= 4 is 5.91 Å². The van der Waals surface area contributed by atoms with Gasteiger partial charge >= 0.3 is 0 Å². The van der Waals surface area contributed by atoms with E-state index < -0.39 is 0 Å². The van der Waals surface area contributed by atoms with Crippen LogP contribution in [0.15, 0.2) is 0 Å². The van der Waals surface area contributed by atoms with Crippen LogP contribution in [0.25, 0.3) is 0 Å². The molecule has 2 N–H and O–H groups in total. The van der Waals surface area contributed by atoms with E-state index in [0.717, 1.165) is 45.4 Å². The molecule has 0 radical (unpaired) electrons. The molecule has 0 aliphatic carbocycles. The standard InChI is InChI=1S/C14H24N2O3/c15-8-11-3-4-13(19-11)14(17)16-6-1-2-10-9-18-7-5-12(10)16/h10-13H,1-9,15H2/t10?,11-,12?,13+/m1/s1. The monoisotopic (exact) mass is 268 g/mol. The Balaban J connectivity index is 1.65. The van der Waals surface area contributed by atoms with E-state index in [9.17, 15) is 4.79 Å². The molecule has 0 saturated carbocycles. The summed E-state index contributed by atoms with van der Waals surface area (Å²) in [6.07, 6.45) is 4.81. The van der Waals surface area contributed by atoms with Gasteiger partial charge in [-0.1, -0.05) is 0 Å². The Morgan fingerprint density at radius 1 is 1.26 bits per heavy atom. The highest BCUT2D eigenvalue weighted by molar-refractivity contribution is 5.81. The van der Waals surface area contributed by atoms with Crippen LogP contribution in [0.1, 0.15) is 32.1 Å². The molecule has 3 aliphatic rings. The highest BCUT2D eigenvalue weighted by Gasteiger charge is 2.40. The fraction of sp³-hybridized carbons (Fsp3) is 0.929. The minimum Gasteiger partial charge on any atom is -0.381 e. The summed E-state index contributed by atoms with van der Waals surface area (Å²) in [4.78, 5) is 14.7. The van der Waals surface area contributed by atoms with Crippen LogP contribution in [0.5, 0.6) is 0 Å². The van der Waals surface area contributed by atoms with Crippen molar-refractivity contribution in [2.24, 2.45) is 11.7 Å². The van der Waals surface area contributed by atoms with Gasteiger partial charge in [-0.2, -0.15) is 0 Å². The third-order valence-electron chi connectivity index (χ3n) is 4.74. The maximum Gasteiger partial charge on any atom is 0.251 e. The van der Waals surface area contributed by atoms with Crippen LogP contribution in [0.3, 0.4) is 0 Å². The van der Waals surface area contributed by atoms with E-state index in [1.807, 2.05) is 0 Å². The number of nitrogens with zero attached hydrogens (tertiary/aromatic N) is 1. The summed E-state index contributed by atoms with van der Waals surface area (Å²) in [6.45, 7) is 2.99. The van der Waals surface area contributed by atoms with Crippen LogP contribution in [0, 0.1) is 5.92 Å². The van der Waals surface area contributed by atoms with Crippen LogP contribution in [-0.2, 0) is 14.3 Å². The molecule has 3 heterocycles. The quantitative estimate of drug-likeness (QED) is 0.793. The molecule has 0 aromatic rings. The summed E-state index contributed by atoms with van der Waals surface area (Å²) in [7, 11) is 0. The third-order valence-corrected chi connectivity index (χ3v) is 4.74. The predicted octanol–water partition coefficient (Wildman–Crippen LogP) is 0.520. The van der Waals surface area contributed by atoms with Crippen molar-refractivity contribution in [3.05, 3.63) is 0 Å². The fourth-order valence-electron chi connectivity index (χ4n) is 3.68. The summed E-state index contributed by atoms with van der Waals surface area (Å²) in [5.41, 5.74) is 5.61. The molecule has 1 amide bonds. The van der Waals surface area contributed by atoms with E-state index in [2.05, 4.69) is 4.90 Å². The van der Waals surface area contributed by atoms with Gasteiger partial charge in [0.05, 0.1) is 12.7 Å². The van der Waals surface area contributed by atoms with Gasteiger partial charge in [-0.25, -0.2) is 0 Å². The van der Waals surface area contributed by atoms with Crippen LogP contribution in [0.4, 0.5) is 0 Å². The first-order chi connectivity index (χ1) is 9.29. The lowest BCUT2D eigenvalue weighted by molar-refractivity contribution is -0.152. The van der Waals surface area contributed by atoms with E-state index in [0.29, 0.717) is 18.5 Å². The van der Waals surface area contributed by atoms with Crippen molar-refractivity contribution in [2.45, 2.75) is 50.4 Å². The lowest BCUT2D eigenvalue weighted by atomic mass is 9.86. The molecule has 3 aliphatic heterocycles. The van der Waals surface area contributed by atoms with Crippen molar-refractivity contribution in [2.75, 3.05) is 26.3 Å². The second-order valence-corrected chi connectivity index (χ2v) is 5.92. The molecule has 0 aromatic carbocycles. The van der Waals surface area contributed by atoms with Crippen LogP contribution in [0.2, 0.25) is 0 Å². The molecule has 4 atom stereocenters. The van der Waals surface area contributed by atoms with Gasteiger partial charge < -0.3 is 20.1 Å². The van der Waals surface area contributed by atoms with E-state index in [1.165, 1.54) is 6.42 Å². The average molecular weight is 268 g/mol. The normalized spacial score (nSPS) is 39.1. The van der Waals surface area contributed by atoms with Crippen molar-refractivity contribution < 1.29 is 14.3 Å². The van der Waals surface area contributed by atoms with E-state index in [-0.39, 0.29) is 18.1 Å². The molecule has 3 saturated heterocycles. The van der Waals surface area contributed by atoms with Crippen molar-refractivity contribution in [3.63, 3.8) is 0 Å². The number of fused-ring (bicyclic) bond motifs is 1. The van der Waals surface area contributed by atoms with E-state index in [1.54, 1.807) is 0 Å². The summed E-state index contributed by atoms with van der Waals surface area (Å²) < 4.78 is 11.3. The second kappa shape index (κ2) is 5.77. The lowest BCUT2D eigenvalue weighted by Gasteiger charge is -2.44. The van der Waals surface area contributed by atoms with Gasteiger partial charge in [0, 0.05) is 31.7 Å². The topological polar surface area (TPSA) is 64.8 Å². The molecule has 108 valence electrons. The van der Waals surface area contributed by atoms with Gasteiger partial charge in [0.1, 0.15) is 6.10 Å². The molecule has 0 bridgehead atoms. The number of ether oxygens (including phenoxy) is 2. The molecule has 19 heavy (non-hydrogen) atoms. The second-order valence-electron chi connectivity index (χ2n) is 5.92. The Bertz CT molecular complexity index is 335. The molecule has 5 heteroatoms. The number of hydrogen-bond donors (Lipinski definition) is 1. The molecule has 5 nitrogen and oxygen atoms in total. The van der Waals surface area contributed by atoms with Crippen LogP contribution < -0.4 is 5.73 Å². The van der Waals surface area contributed by atoms with Crippen LogP contribution >= 0.6 is 0 Å². The first-order valence-electron chi connectivity index (χ1n) is 7.53. The summed E-state index contributed by atoms with van der Waals surface area (Å²) in [5, 5.41) is 0. The zero-order valence-electron chi connectivity index (χ0n) is 11.4. The van der Waals surface area contributed by atoms with Gasteiger partial charge in [0.15, 0.2) is 0 Å². The SMILES string of the molecule is NC[C@H]1CC[C@@H](C(=O)N2CCCC3COCCC32)O1. The Morgan fingerprint density at radius 2 is 2.16 bits per heavy atom. The Kier molecular flexibility index (Phi) is 4.05. The highest BCUT2D eigenvalue weighted by atomic mass is 16.5. The first kappa shape index (κ1) is 13.3. The third kappa shape index (κ3) is 2.64. The van der Waals surface area contributed by atoms with Gasteiger partial charge in [-0.05, 0) is 32.1 Å². The minimum atomic E-state index is -0.254. The number of piperidine rings is 1. The molecular formula is C14H24N2O3. The van der Waals surface area contributed by atoms with Gasteiger partial charge in [-0.3, -0.25) is 4.79 Å². The summed E-state index contributed by atoms with van der Waals surface area (Å²) >= 11 is 0. The minimum absolute atomic E-state index is 0.0734. The van der Waals surface area contributed by atoms with Gasteiger partial charge in [0.25, 0.3) is 5.91 Å². The van der Waals surface area contributed by atoms with Crippen molar-refractivity contribution in [1.82, 2.24) is 4.90 Å². The highest BCUT2D eigenvalue weighted by Crippen LogP contribution is 2.31. The molecule has 0 aromatic heterocycles. The first-order valence-corrected chi connectivity index (χ1v) is 7.53. The largest absolute Gasteiger partial charge is 0.381 e. The zero-order chi connectivity index (χ0) is 13.2. The maximum atomic E-state index is 12.6. The Hall–Kier alpha value is -0.650. The van der Waals surface area contributed by atoms with Crippen molar-refractivity contribution in [3.8, 4) is 0 Å². The summed E-state index contributed by atoms with van der Waals surface area (Å²) in [6, 6.07) is 0.371. The average Bonchev–Trinajstić information content (AvgIpc) is 2.95. The number of likely N-dealkylation sites (tertiary alicyclic amines) is 1. The van der Waals surface area contributed by atoms with Gasteiger partial charge in [-0.15, -0.1) is 0 Å². The Labute approximate surface area is 114 Å². The number of carbonyl (C=O) groups is 1. The number of carbonyl (C=O) groups excluding carboxylic acids is 1. The fourth-order valence-corrected chi connectivity index (χ4v) is 3.68. The molecule has 2 unspecified atom stereocenters. The zero-order valence-corrected chi connectivity index (χ0v) is 11.4. The molecule has 0 spiro atoms. The smallest absolute Gasteiger partial charge is 0.251 e. The number of hydrogen-bond acceptors (Lipinski definition) is 4. The Morgan fingerprint density at radius 3 is 2.95 bits per heavy atom. The van der Waals surface area contributed by atoms with Crippen molar-refractivity contribution in [1.29, 1.82) is 0 Å². The molecular weight excluding hydrogens is 244 g/mol. The lowest BCUT2D eigenvalue weighted by Crippen LogP contribution is -2.54.